The quantitative estimate of drug-likeness (QED) is 0.659. The summed E-state index contributed by atoms with van der Waals surface area (Å²) in [6.07, 6.45) is 0.495. The maximum atomic E-state index is 12.3. The molecule has 1 aromatic carbocycles. The molecule has 8 heteroatoms. The second-order valence-corrected chi connectivity index (χ2v) is 6.37. The molecule has 152 valence electrons. The molecule has 1 aliphatic rings. The van der Waals surface area contributed by atoms with E-state index < -0.39 is 24.0 Å². The van der Waals surface area contributed by atoms with Crippen LogP contribution in [-0.4, -0.2) is 43.8 Å². The van der Waals surface area contributed by atoms with Gasteiger partial charge < -0.3 is 24.8 Å². The summed E-state index contributed by atoms with van der Waals surface area (Å²) in [6, 6.07) is 4.55. The van der Waals surface area contributed by atoms with Crippen molar-refractivity contribution in [2.45, 2.75) is 40.2 Å². The van der Waals surface area contributed by atoms with Crippen LogP contribution in [0.1, 0.15) is 31.4 Å². The number of hydrogen-bond acceptors (Lipinski definition) is 6. The molecule has 0 aliphatic carbocycles. The topological polar surface area (TPSA) is 103 Å². The Balaban J connectivity index is 2.01. The van der Waals surface area contributed by atoms with Gasteiger partial charge >= 0.3 is 18.0 Å². The first-order valence-corrected chi connectivity index (χ1v) is 9.19. The van der Waals surface area contributed by atoms with E-state index in [4.69, 9.17) is 14.2 Å². The van der Waals surface area contributed by atoms with E-state index in [1.165, 1.54) is 0 Å². The zero-order valence-corrected chi connectivity index (χ0v) is 16.6. The van der Waals surface area contributed by atoms with Crippen LogP contribution in [0, 0.1) is 13.8 Å². The lowest BCUT2D eigenvalue weighted by Crippen LogP contribution is -2.51. The lowest BCUT2D eigenvalue weighted by molar-refractivity contribution is -0.145. The second-order valence-electron chi connectivity index (χ2n) is 6.37. The van der Waals surface area contributed by atoms with Crippen LogP contribution in [-0.2, 0) is 19.1 Å². The summed E-state index contributed by atoms with van der Waals surface area (Å²) in [7, 11) is 0. The molecular weight excluding hydrogens is 364 g/mol. The molecular formula is C20H26N2O6. The van der Waals surface area contributed by atoms with Crippen molar-refractivity contribution in [3.63, 3.8) is 0 Å². The van der Waals surface area contributed by atoms with Gasteiger partial charge in [0, 0.05) is 0 Å². The Morgan fingerprint density at radius 2 is 1.86 bits per heavy atom. The molecule has 0 aromatic heterocycles. The molecule has 2 N–H and O–H groups in total. The van der Waals surface area contributed by atoms with Gasteiger partial charge in [0.05, 0.1) is 23.9 Å². The predicted molar refractivity (Wildman–Crippen MR) is 102 cm³/mol. The molecule has 0 radical (unpaired) electrons. The molecule has 1 aromatic rings. The summed E-state index contributed by atoms with van der Waals surface area (Å²) >= 11 is 0. The Hall–Kier alpha value is -3.03. The van der Waals surface area contributed by atoms with E-state index in [0.717, 1.165) is 11.1 Å². The fourth-order valence-electron chi connectivity index (χ4n) is 2.72. The molecule has 0 fully saturated rings. The van der Waals surface area contributed by atoms with Gasteiger partial charge in [0.15, 0.2) is 6.61 Å². The molecule has 0 spiro atoms. The molecule has 8 nitrogen and oxygen atoms in total. The summed E-state index contributed by atoms with van der Waals surface area (Å²) in [5.41, 5.74) is 2.65. The summed E-state index contributed by atoms with van der Waals surface area (Å²) in [6.45, 7) is 7.12. The van der Waals surface area contributed by atoms with Crippen LogP contribution in [0.3, 0.4) is 0 Å². The van der Waals surface area contributed by atoms with Gasteiger partial charge in [-0.2, -0.15) is 0 Å². The molecule has 1 atom stereocenters. The summed E-state index contributed by atoms with van der Waals surface area (Å²) < 4.78 is 15.7. The maximum absolute atomic E-state index is 12.3. The Morgan fingerprint density at radius 1 is 1.11 bits per heavy atom. The van der Waals surface area contributed by atoms with E-state index >= 15 is 0 Å². The van der Waals surface area contributed by atoms with Crippen LogP contribution in [0.25, 0.3) is 0 Å². The van der Waals surface area contributed by atoms with Crippen molar-refractivity contribution in [3.05, 3.63) is 40.6 Å². The standard InChI is InChI=1S/C20H26N2O6/c1-5-15-18(19(24)26-6-2)16(22-20(25)21-15)10-28-17(23)11-27-14-8-7-12(3)13(4)9-14/h7-9,15H,5-6,10-11H2,1-4H3,(H2,21,22,25)/t15-/m1/s1. The minimum Gasteiger partial charge on any atom is -0.482 e. The first kappa shape index (κ1) is 21.3. The third-order valence-corrected chi connectivity index (χ3v) is 4.36. The summed E-state index contributed by atoms with van der Waals surface area (Å²) in [4.78, 5) is 36.1. The highest BCUT2D eigenvalue weighted by molar-refractivity contribution is 5.94. The number of nitrogens with one attached hydrogen (secondary N) is 2. The van der Waals surface area contributed by atoms with E-state index in [2.05, 4.69) is 10.6 Å². The third kappa shape index (κ3) is 5.48. The molecule has 2 amide bonds. The number of ether oxygens (including phenoxy) is 3. The van der Waals surface area contributed by atoms with Crippen molar-refractivity contribution in [2.24, 2.45) is 0 Å². The largest absolute Gasteiger partial charge is 0.482 e. The fourth-order valence-corrected chi connectivity index (χ4v) is 2.72. The van der Waals surface area contributed by atoms with E-state index in [1.54, 1.807) is 13.0 Å². The highest BCUT2D eigenvalue weighted by Crippen LogP contribution is 2.18. The average molecular weight is 390 g/mol. The summed E-state index contributed by atoms with van der Waals surface area (Å²) in [5.74, 6) is -0.609. The van der Waals surface area contributed by atoms with Gasteiger partial charge in [-0.1, -0.05) is 13.0 Å². The molecule has 0 saturated heterocycles. The SMILES string of the molecule is CCOC(=O)C1=C(COC(=O)COc2ccc(C)c(C)c2)NC(=O)N[C@@H]1CC. The molecule has 2 rings (SSSR count). The smallest absolute Gasteiger partial charge is 0.344 e. The number of carbonyl (C=O) groups excluding carboxylic acids is 3. The fraction of sp³-hybridized carbons (Fsp3) is 0.450. The van der Waals surface area contributed by atoms with Crippen LogP contribution in [0.5, 0.6) is 5.75 Å². The van der Waals surface area contributed by atoms with Crippen molar-refractivity contribution >= 4 is 18.0 Å². The van der Waals surface area contributed by atoms with Gasteiger partial charge in [-0.25, -0.2) is 14.4 Å². The number of carbonyl (C=O) groups is 3. The van der Waals surface area contributed by atoms with Crippen molar-refractivity contribution in [2.75, 3.05) is 19.8 Å². The van der Waals surface area contributed by atoms with Gasteiger partial charge in [-0.3, -0.25) is 0 Å². The Kier molecular flexibility index (Phi) is 7.43. The van der Waals surface area contributed by atoms with Gasteiger partial charge in [0.25, 0.3) is 0 Å². The molecule has 0 bridgehead atoms. The third-order valence-electron chi connectivity index (χ3n) is 4.36. The Bertz CT molecular complexity index is 787. The lowest BCUT2D eigenvalue weighted by Gasteiger charge is -2.28. The zero-order chi connectivity index (χ0) is 20.7. The number of benzene rings is 1. The predicted octanol–water partition coefficient (Wildman–Crippen LogP) is 2.13. The van der Waals surface area contributed by atoms with Crippen LogP contribution >= 0.6 is 0 Å². The number of amides is 2. The van der Waals surface area contributed by atoms with Gasteiger partial charge in [-0.15, -0.1) is 0 Å². The first-order valence-electron chi connectivity index (χ1n) is 9.19. The zero-order valence-electron chi connectivity index (χ0n) is 16.6. The number of aryl methyl sites for hydroxylation is 2. The molecule has 1 heterocycles. The van der Waals surface area contributed by atoms with Crippen molar-refractivity contribution in [1.82, 2.24) is 10.6 Å². The van der Waals surface area contributed by atoms with Gasteiger partial charge in [-0.05, 0) is 50.5 Å². The highest BCUT2D eigenvalue weighted by Gasteiger charge is 2.32. The van der Waals surface area contributed by atoms with E-state index in [0.29, 0.717) is 12.2 Å². The highest BCUT2D eigenvalue weighted by atomic mass is 16.6. The van der Waals surface area contributed by atoms with E-state index in [-0.39, 0.29) is 31.1 Å². The van der Waals surface area contributed by atoms with E-state index in [1.807, 2.05) is 32.9 Å². The lowest BCUT2D eigenvalue weighted by atomic mass is 10.0. The van der Waals surface area contributed by atoms with Crippen LogP contribution in [0.2, 0.25) is 0 Å². The summed E-state index contributed by atoms with van der Waals surface area (Å²) in [5, 5.41) is 5.18. The Labute approximate surface area is 164 Å². The molecule has 0 saturated carbocycles. The number of esters is 2. The Morgan fingerprint density at radius 3 is 2.50 bits per heavy atom. The van der Waals surface area contributed by atoms with Crippen molar-refractivity contribution in [1.29, 1.82) is 0 Å². The average Bonchev–Trinajstić information content (AvgIpc) is 2.66. The minimum atomic E-state index is -0.616. The monoisotopic (exact) mass is 390 g/mol. The van der Waals surface area contributed by atoms with Crippen LogP contribution in [0.4, 0.5) is 4.79 Å². The van der Waals surface area contributed by atoms with Gasteiger partial charge in [0.2, 0.25) is 0 Å². The van der Waals surface area contributed by atoms with Crippen molar-refractivity contribution in [3.8, 4) is 5.75 Å². The van der Waals surface area contributed by atoms with Gasteiger partial charge in [0.1, 0.15) is 12.4 Å². The van der Waals surface area contributed by atoms with Crippen LogP contribution < -0.4 is 15.4 Å². The van der Waals surface area contributed by atoms with Crippen molar-refractivity contribution < 1.29 is 28.6 Å². The minimum absolute atomic E-state index is 0.198. The first-order chi connectivity index (χ1) is 13.3. The van der Waals surface area contributed by atoms with Crippen LogP contribution in [0.15, 0.2) is 29.5 Å². The number of rotatable bonds is 8. The molecule has 1 aliphatic heterocycles. The van der Waals surface area contributed by atoms with E-state index in [9.17, 15) is 14.4 Å². The normalized spacial score (nSPS) is 16.1. The molecule has 0 unspecified atom stereocenters. The molecule has 28 heavy (non-hydrogen) atoms. The second kappa shape index (κ2) is 9.77. The maximum Gasteiger partial charge on any atom is 0.344 e. The number of hydrogen-bond donors (Lipinski definition) is 2. The number of urea groups is 1.